The molecular weight excluding hydrogens is 340 g/mol. The van der Waals surface area contributed by atoms with Crippen LogP contribution in [0.1, 0.15) is 37.7 Å². The van der Waals surface area contributed by atoms with E-state index in [2.05, 4.69) is 12.1 Å². The number of rotatable bonds is 6. The van der Waals surface area contributed by atoms with Crippen LogP contribution in [0.15, 0.2) is 24.3 Å². The van der Waals surface area contributed by atoms with E-state index in [0.717, 1.165) is 5.75 Å². The summed E-state index contributed by atoms with van der Waals surface area (Å²) in [5.74, 6) is 0.944. The Hall–Kier alpha value is -0.230. The van der Waals surface area contributed by atoms with Gasteiger partial charge >= 0.3 is 121 Å². The van der Waals surface area contributed by atoms with E-state index in [-0.39, 0.29) is 21.3 Å². The number of methoxy groups -OCH3 is 1. The van der Waals surface area contributed by atoms with E-state index in [0.29, 0.717) is 6.10 Å². The number of unbranched alkanes of at least 4 members (excludes halogenated alkanes) is 1. The van der Waals surface area contributed by atoms with Gasteiger partial charge in [-0.25, -0.2) is 0 Å². The van der Waals surface area contributed by atoms with Crippen molar-refractivity contribution in [1.29, 1.82) is 0 Å². The van der Waals surface area contributed by atoms with Gasteiger partial charge in [-0.05, 0) is 0 Å². The minimum absolute atomic E-state index is 0.0734. The molecule has 0 saturated carbocycles. The molecule has 1 aliphatic heterocycles. The molecule has 1 aromatic rings. The van der Waals surface area contributed by atoms with Crippen LogP contribution in [0.4, 0.5) is 0 Å². The van der Waals surface area contributed by atoms with Crippen LogP contribution < -0.4 is 4.74 Å². The Morgan fingerprint density at radius 3 is 2.78 bits per heavy atom. The fourth-order valence-electron chi connectivity index (χ4n) is 2.25. The molecule has 2 rings (SSSR count). The van der Waals surface area contributed by atoms with Gasteiger partial charge in [0.05, 0.1) is 0 Å². The molecule has 100 valence electrons. The van der Waals surface area contributed by atoms with E-state index in [1.807, 2.05) is 12.1 Å². The first-order valence-corrected chi connectivity index (χ1v) is 9.39. The summed E-state index contributed by atoms with van der Waals surface area (Å²) in [5.41, 5.74) is 1.41. The van der Waals surface area contributed by atoms with Crippen LogP contribution in [0, 0.1) is 0 Å². The molecule has 1 fully saturated rings. The van der Waals surface area contributed by atoms with Gasteiger partial charge in [-0.1, -0.05) is 0 Å². The van der Waals surface area contributed by atoms with Crippen molar-refractivity contribution in [3.05, 3.63) is 29.8 Å². The zero-order valence-electron chi connectivity index (χ0n) is 11.1. The zero-order chi connectivity index (χ0) is 12.6. The van der Waals surface area contributed by atoms with Crippen LogP contribution in [-0.2, 0) is 9.52 Å². The van der Waals surface area contributed by atoms with E-state index in [4.69, 9.17) is 7.84 Å². The molecule has 0 amide bonds. The average molecular weight is 362 g/mol. The SMILES string of the molecule is COc1ccc(CCCCC2CCC[Te]O2)cc1. The molecule has 0 aliphatic carbocycles. The number of hydrogen-bond acceptors (Lipinski definition) is 2. The second kappa shape index (κ2) is 8.04. The van der Waals surface area contributed by atoms with Crippen LogP contribution in [0.3, 0.4) is 0 Å². The Labute approximate surface area is 121 Å². The van der Waals surface area contributed by atoms with E-state index < -0.39 is 0 Å². The molecule has 1 aromatic carbocycles. The van der Waals surface area contributed by atoms with Crippen molar-refractivity contribution in [2.75, 3.05) is 7.11 Å². The molecule has 1 unspecified atom stereocenters. The average Bonchev–Trinajstić information content (AvgIpc) is 2.45. The molecule has 1 heterocycles. The van der Waals surface area contributed by atoms with Crippen LogP contribution in [0.25, 0.3) is 0 Å². The maximum absolute atomic E-state index is 5.87. The second-order valence-electron chi connectivity index (χ2n) is 4.78. The van der Waals surface area contributed by atoms with Gasteiger partial charge in [0.25, 0.3) is 0 Å². The fourth-order valence-corrected chi connectivity index (χ4v) is 4.43. The van der Waals surface area contributed by atoms with Gasteiger partial charge in [-0.2, -0.15) is 0 Å². The zero-order valence-corrected chi connectivity index (χ0v) is 13.4. The topological polar surface area (TPSA) is 18.5 Å². The molecule has 18 heavy (non-hydrogen) atoms. The molecule has 0 bridgehead atoms. The Balaban J connectivity index is 1.62. The predicted octanol–water partition coefficient (Wildman–Crippen LogP) is 3.62. The quantitative estimate of drug-likeness (QED) is 0.569. The van der Waals surface area contributed by atoms with Crippen molar-refractivity contribution < 1.29 is 7.84 Å². The van der Waals surface area contributed by atoms with Crippen molar-refractivity contribution in [2.45, 2.75) is 49.1 Å². The summed E-state index contributed by atoms with van der Waals surface area (Å²) in [6, 6.07) is 8.43. The Morgan fingerprint density at radius 1 is 1.28 bits per heavy atom. The number of benzene rings is 1. The molecule has 0 N–H and O–H groups in total. The van der Waals surface area contributed by atoms with Gasteiger partial charge in [0.2, 0.25) is 0 Å². The van der Waals surface area contributed by atoms with Gasteiger partial charge in [-0.15, -0.1) is 0 Å². The number of hydrogen-bond donors (Lipinski definition) is 0. The molecule has 1 saturated heterocycles. The number of ether oxygens (including phenoxy) is 1. The molecule has 2 nitrogen and oxygen atoms in total. The van der Waals surface area contributed by atoms with Gasteiger partial charge in [0.15, 0.2) is 0 Å². The van der Waals surface area contributed by atoms with Crippen LogP contribution in [0.5, 0.6) is 5.75 Å². The summed E-state index contributed by atoms with van der Waals surface area (Å²) in [6.45, 7) is 0. The van der Waals surface area contributed by atoms with Crippen molar-refractivity contribution in [3.63, 3.8) is 0 Å². The summed E-state index contributed by atoms with van der Waals surface area (Å²) >= 11 is -0.0734. The summed E-state index contributed by atoms with van der Waals surface area (Å²) in [4.78, 5) is 0. The number of aryl methyl sites for hydroxylation is 1. The molecular formula is C15H22O2Te. The summed E-state index contributed by atoms with van der Waals surface area (Å²) in [7, 11) is 1.71. The predicted molar refractivity (Wildman–Crippen MR) is 75.2 cm³/mol. The Bertz CT molecular complexity index is 331. The Morgan fingerprint density at radius 2 is 2.11 bits per heavy atom. The van der Waals surface area contributed by atoms with Crippen LogP contribution >= 0.6 is 0 Å². The van der Waals surface area contributed by atoms with E-state index in [1.54, 1.807) is 7.11 Å². The monoisotopic (exact) mass is 364 g/mol. The first kappa shape index (κ1) is 14.2. The summed E-state index contributed by atoms with van der Waals surface area (Å²) < 4.78 is 12.4. The van der Waals surface area contributed by atoms with Gasteiger partial charge < -0.3 is 0 Å². The van der Waals surface area contributed by atoms with E-state index >= 15 is 0 Å². The molecule has 3 heteroatoms. The Kier molecular flexibility index (Phi) is 6.34. The summed E-state index contributed by atoms with van der Waals surface area (Å²) in [6.07, 6.45) is 8.31. The van der Waals surface area contributed by atoms with Crippen molar-refractivity contribution in [3.8, 4) is 5.75 Å². The van der Waals surface area contributed by atoms with Crippen LogP contribution in [-0.4, -0.2) is 34.5 Å². The summed E-state index contributed by atoms with van der Waals surface area (Å²) in [5, 5.41) is 0. The van der Waals surface area contributed by atoms with Crippen molar-refractivity contribution >= 4 is 21.3 Å². The van der Waals surface area contributed by atoms with Gasteiger partial charge in [0.1, 0.15) is 0 Å². The first-order valence-electron chi connectivity index (χ1n) is 6.79. The molecule has 0 radical (unpaired) electrons. The van der Waals surface area contributed by atoms with Crippen molar-refractivity contribution in [2.24, 2.45) is 0 Å². The second-order valence-corrected chi connectivity index (χ2v) is 7.16. The normalized spacial score (nSPS) is 19.7. The standard InChI is InChI=1S/C15H22O2Te/c1-16-14-10-8-13(9-11-14)5-2-3-6-15-7-4-12-18-17-15/h8-11,15H,2-7,12H2,1H3. The molecule has 0 spiro atoms. The van der Waals surface area contributed by atoms with E-state index in [9.17, 15) is 0 Å². The molecule has 1 aliphatic rings. The third-order valence-electron chi connectivity index (χ3n) is 3.36. The van der Waals surface area contributed by atoms with Gasteiger partial charge in [-0.3, -0.25) is 0 Å². The fraction of sp³-hybridized carbons (Fsp3) is 0.600. The van der Waals surface area contributed by atoms with Crippen LogP contribution in [0.2, 0.25) is 4.47 Å². The molecule has 0 aromatic heterocycles. The molecule has 1 atom stereocenters. The first-order chi connectivity index (χ1) is 8.88. The van der Waals surface area contributed by atoms with Crippen molar-refractivity contribution in [1.82, 2.24) is 0 Å². The third kappa shape index (κ3) is 4.80. The third-order valence-corrected chi connectivity index (χ3v) is 5.82. The minimum atomic E-state index is -0.0734. The van der Waals surface area contributed by atoms with E-state index in [1.165, 1.54) is 48.6 Å². The maximum atomic E-state index is 5.87. The van der Waals surface area contributed by atoms with Gasteiger partial charge in [0, 0.05) is 0 Å².